The van der Waals surface area contributed by atoms with Crippen molar-refractivity contribution in [2.45, 2.75) is 65.1 Å². The highest BCUT2D eigenvalue weighted by Crippen LogP contribution is 2.27. The van der Waals surface area contributed by atoms with Gasteiger partial charge in [0.05, 0.1) is 11.3 Å². The molecule has 1 aromatic heterocycles. The number of likely N-dealkylation sites (tertiary alicyclic amines) is 1. The molecule has 2 rings (SSSR count). The minimum absolute atomic E-state index is 0.00791. The van der Waals surface area contributed by atoms with Crippen molar-refractivity contribution in [2.24, 2.45) is 0 Å². The van der Waals surface area contributed by atoms with E-state index in [2.05, 4.69) is 36.1 Å². The molecule has 0 spiro atoms. The standard InChI is InChI=1S/C17H30N4O2/c1-5-21-14(3)15(13(2)19-21)11-20-10-6-8-17(23,12-20)9-7-16(22)18-4/h23H,5-12H2,1-4H3,(H,18,22). The molecule has 6 heteroatoms. The Labute approximate surface area is 138 Å². The highest BCUT2D eigenvalue weighted by Gasteiger charge is 2.33. The van der Waals surface area contributed by atoms with Gasteiger partial charge in [0, 0.05) is 44.4 Å². The van der Waals surface area contributed by atoms with Crippen LogP contribution in [-0.2, 0) is 17.9 Å². The van der Waals surface area contributed by atoms with Gasteiger partial charge in [-0.2, -0.15) is 5.10 Å². The topological polar surface area (TPSA) is 70.4 Å². The predicted octanol–water partition coefficient (Wildman–Crippen LogP) is 1.37. The Morgan fingerprint density at radius 2 is 2.17 bits per heavy atom. The molecule has 6 nitrogen and oxygen atoms in total. The van der Waals surface area contributed by atoms with E-state index in [1.54, 1.807) is 7.05 Å². The fraction of sp³-hybridized carbons (Fsp3) is 0.765. The number of hydrogen-bond donors (Lipinski definition) is 2. The van der Waals surface area contributed by atoms with Gasteiger partial charge in [-0.3, -0.25) is 14.4 Å². The molecule has 1 aliphatic heterocycles. The molecule has 1 atom stereocenters. The third-order valence-corrected chi connectivity index (χ3v) is 4.94. The number of aromatic nitrogens is 2. The minimum atomic E-state index is -0.757. The fourth-order valence-corrected chi connectivity index (χ4v) is 3.51. The molecule has 0 bridgehead atoms. The number of nitrogens with one attached hydrogen (secondary N) is 1. The molecule has 0 aromatic carbocycles. The number of hydrogen-bond acceptors (Lipinski definition) is 4. The van der Waals surface area contributed by atoms with Crippen LogP contribution < -0.4 is 5.32 Å². The molecule has 0 aliphatic carbocycles. The van der Waals surface area contributed by atoms with E-state index in [9.17, 15) is 9.90 Å². The van der Waals surface area contributed by atoms with Gasteiger partial charge in [0.1, 0.15) is 0 Å². The zero-order chi connectivity index (χ0) is 17.0. The molecule has 0 saturated carbocycles. The molecule has 1 aliphatic rings. The molecule has 2 heterocycles. The number of aryl methyl sites for hydroxylation is 2. The minimum Gasteiger partial charge on any atom is -0.389 e. The van der Waals surface area contributed by atoms with Crippen molar-refractivity contribution in [3.8, 4) is 0 Å². The second-order valence-corrected chi connectivity index (χ2v) is 6.68. The zero-order valence-electron chi connectivity index (χ0n) is 14.9. The maximum atomic E-state index is 11.4. The summed E-state index contributed by atoms with van der Waals surface area (Å²) in [6.07, 6.45) is 2.64. The van der Waals surface area contributed by atoms with Crippen LogP contribution in [0.3, 0.4) is 0 Å². The average molecular weight is 322 g/mol. The van der Waals surface area contributed by atoms with Gasteiger partial charge in [0.25, 0.3) is 0 Å². The van der Waals surface area contributed by atoms with Gasteiger partial charge >= 0.3 is 0 Å². The lowest BCUT2D eigenvalue weighted by Crippen LogP contribution is -2.48. The van der Waals surface area contributed by atoms with Crippen molar-refractivity contribution < 1.29 is 9.90 Å². The maximum Gasteiger partial charge on any atom is 0.219 e. The van der Waals surface area contributed by atoms with Crippen molar-refractivity contribution in [1.82, 2.24) is 20.0 Å². The SMILES string of the molecule is CCn1nc(C)c(CN2CCCC(O)(CCC(=O)NC)C2)c1C. The summed E-state index contributed by atoms with van der Waals surface area (Å²) in [4.78, 5) is 13.7. The first-order chi connectivity index (χ1) is 10.9. The normalized spacial score (nSPS) is 22.3. The summed E-state index contributed by atoms with van der Waals surface area (Å²) in [6, 6.07) is 0. The second kappa shape index (κ2) is 7.45. The van der Waals surface area contributed by atoms with Gasteiger partial charge in [-0.1, -0.05) is 0 Å². The van der Waals surface area contributed by atoms with E-state index in [0.717, 1.165) is 38.2 Å². The second-order valence-electron chi connectivity index (χ2n) is 6.68. The Morgan fingerprint density at radius 1 is 1.43 bits per heavy atom. The van der Waals surface area contributed by atoms with Gasteiger partial charge < -0.3 is 10.4 Å². The lowest BCUT2D eigenvalue weighted by molar-refractivity contribution is -0.122. The number of carbonyl (C=O) groups excluding carboxylic acids is 1. The summed E-state index contributed by atoms with van der Waals surface area (Å²) in [7, 11) is 1.64. The van der Waals surface area contributed by atoms with Crippen LogP contribution >= 0.6 is 0 Å². The van der Waals surface area contributed by atoms with Crippen LogP contribution in [0.15, 0.2) is 0 Å². The number of β-amino-alcohol motifs (C(OH)–C–C–N with tert-alkyl or cyclic N) is 1. The third kappa shape index (κ3) is 4.32. The molecule has 23 heavy (non-hydrogen) atoms. The van der Waals surface area contributed by atoms with Crippen LogP contribution in [-0.4, -0.2) is 51.4 Å². The molecule has 0 radical (unpaired) electrons. The van der Waals surface area contributed by atoms with Crippen molar-refractivity contribution in [2.75, 3.05) is 20.1 Å². The van der Waals surface area contributed by atoms with Crippen LogP contribution in [0.4, 0.5) is 0 Å². The van der Waals surface area contributed by atoms with Gasteiger partial charge in [-0.15, -0.1) is 0 Å². The Morgan fingerprint density at radius 3 is 2.78 bits per heavy atom. The summed E-state index contributed by atoms with van der Waals surface area (Å²) in [5.41, 5.74) is 2.79. The van der Waals surface area contributed by atoms with Crippen LogP contribution in [0.25, 0.3) is 0 Å². The molecule has 1 unspecified atom stereocenters. The van der Waals surface area contributed by atoms with E-state index in [1.165, 1.54) is 11.3 Å². The molecule has 2 N–H and O–H groups in total. The zero-order valence-corrected chi connectivity index (χ0v) is 14.9. The van der Waals surface area contributed by atoms with Crippen LogP contribution in [0.2, 0.25) is 0 Å². The number of nitrogens with zero attached hydrogens (tertiary/aromatic N) is 3. The molecule has 1 saturated heterocycles. The Balaban J connectivity index is 2.01. The van der Waals surface area contributed by atoms with Crippen LogP contribution in [0, 0.1) is 13.8 Å². The van der Waals surface area contributed by atoms with Crippen LogP contribution in [0.5, 0.6) is 0 Å². The van der Waals surface area contributed by atoms with Crippen molar-refractivity contribution in [3.63, 3.8) is 0 Å². The highest BCUT2D eigenvalue weighted by atomic mass is 16.3. The average Bonchev–Trinajstić information content (AvgIpc) is 2.80. The molecule has 130 valence electrons. The van der Waals surface area contributed by atoms with Gasteiger partial charge in [-0.25, -0.2) is 0 Å². The van der Waals surface area contributed by atoms with E-state index in [-0.39, 0.29) is 5.91 Å². The number of amides is 1. The van der Waals surface area contributed by atoms with Gasteiger partial charge in [0.2, 0.25) is 5.91 Å². The first-order valence-electron chi connectivity index (χ1n) is 8.56. The predicted molar refractivity (Wildman–Crippen MR) is 90.1 cm³/mol. The maximum absolute atomic E-state index is 11.4. The monoisotopic (exact) mass is 322 g/mol. The number of piperidine rings is 1. The first-order valence-corrected chi connectivity index (χ1v) is 8.56. The molecular weight excluding hydrogens is 292 g/mol. The summed E-state index contributed by atoms with van der Waals surface area (Å²) >= 11 is 0. The van der Waals surface area contributed by atoms with E-state index >= 15 is 0 Å². The summed E-state index contributed by atoms with van der Waals surface area (Å²) in [5.74, 6) is -0.00791. The lowest BCUT2D eigenvalue weighted by Gasteiger charge is -2.39. The molecule has 1 aromatic rings. The molecule has 1 amide bonds. The number of rotatable bonds is 6. The quantitative estimate of drug-likeness (QED) is 0.830. The van der Waals surface area contributed by atoms with E-state index in [0.29, 0.717) is 19.4 Å². The summed E-state index contributed by atoms with van der Waals surface area (Å²) in [6.45, 7) is 9.57. The largest absolute Gasteiger partial charge is 0.389 e. The van der Waals surface area contributed by atoms with Crippen molar-refractivity contribution >= 4 is 5.91 Å². The van der Waals surface area contributed by atoms with E-state index in [1.807, 2.05) is 4.68 Å². The number of carbonyl (C=O) groups is 1. The molecular formula is C17H30N4O2. The number of aliphatic hydroxyl groups is 1. The Bertz CT molecular complexity index is 555. The van der Waals surface area contributed by atoms with Gasteiger partial charge in [0.15, 0.2) is 0 Å². The fourth-order valence-electron chi connectivity index (χ4n) is 3.51. The van der Waals surface area contributed by atoms with E-state index < -0.39 is 5.60 Å². The van der Waals surface area contributed by atoms with Crippen molar-refractivity contribution in [3.05, 3.63) is 17.0 Å². The lowest BCUT2D eigenvalue weighted by atomic mass is 9.88. The Kier molecular flexibility index (Phi) is 5.81. The van der Waals surface area contributed by atoms with Crippen LogP contribution in [0.1, 0.15) is 49.6 Å². The summed E-state index contributed by atoms with van der Waals surface area (Å²) < 4.78 is 2.03. The Hall–Kier alpha value is -1.40. The smallest absolute Gasteiger partial charge is 0.219 e. The molecule has 1 fully saturated rings. The highest BCUT2D eigenvalue weighted by molar-refractivity contribution is 5.75. The van der Waals surface area contributed by atoms with Crippen molar-refractivity contribution in [1.29, 1.82) is 0 Å². The third-order valence-electron chi connectivity index (χ3n) is 4.94. The summed E-state index contributed by atoms with van der Waals surface area (Å²) in [5, 5.41) is 18.0. The first kappa shape index (κ1) is 17.9. The van der Waals surface area contributed by atoms with E-state index in [4.69, 9.17) is 0 Å². The van der Waals surface area contributed by atoms with Gasteiger partial charge in [-0.05, 0) is 46.6 Å².